The smallest absolute Gasteiger partial charge is 0.134 e. The Morgan fingerprint density at radius 3 is 2.79 bits per heavy atom. The van der Waals surface area contributed by atoms with Gasteiger partial charge < -0.3 is 10.2 Å². The van der Waals surface area contributed by atoms with Crippen molar-refractivity contribution in [2.45, 2.75) is 11.9 Å². The van der Waals surface area contributed by atoms with Crippen LogP contribution in [0.25, 0.3) is 10.1 Å². The molecular formula is C10H9BrO2S. The van der Waals surface area contributed by atoms with Crippen molar-refractivity contribution in [2.75, 3.05) is 0 Å². The molecule has 14 heavy (non-hydrogen) atoms. The fraction of sp³-hybridized carbons (Fsp3) is 0.200. The van der Waals surface area contributed by atoms with Crippen LogP contribution in [0.1, 0.15) is 11.1 Å². The number of aliphatic hydroxyl groups is 1. The van der Waals surface area contributed by atoms with Crippen molar-refractivity contribution in [2.24, 2.45) is 0 Å². The first-order chi connectivity index (χ1) is 6.76. The summed E-state index contributed by atoms with van der Waals surface area (Å²) in [6.07, 6.45) is 0. The third-order valence-electron chi connectivity index (χ3n) is 2.12. The molecule has 1 aromatic carbocycles. The number of aromatic hydroxyl groups is 1. The number of hydrogen-bond acceptors (Lipinski definition) is 3. The monoisotopic (exact) mass is 272 g/mol. The lowest BCUT2D eigenvalue weighted by Gasteiger charge is -2.03. The van der Waals surface area contributed by atoms with Crippen molar-refractivity contribution in [3.63, 3.8) is 0 Å². The van der Waals surface area contributed by atoms with Gasteiger partial charge in [0.2, 0.25) is 0 Å². The number of benzene rings is 1. The lowest BCUT2D eigenvalue weighted by Crippen LogP contribution is -1.86. The number of halogens is 1. The number of thiophene rings is 1. The van der Waals surface area contributed by atoms with Crippen molar-refractivity contribution < 1.29 is 10.2 Å². The molecule has 0 unspecified atom stereocenters. The van der Waals surface area contributed by atoms with Crippen molar-refractivity contribution in [3.8, 4) is 5.75 Å². The molecule has 0 radical (unpaired) electrons. The van der Waals surface area contributed by atoms with E-state index in [2.05, 4.69) is 15.9 Å². The van der Waals surface area contributed by atoms with E-state index in [9.17, 15) is 5.11 Å². The Balaban J connectivity index is 2.76. The summed E-state index contributed by atoms with van der Waals surface area (Å²) in [7, 11) is 0. The molecule has 0 atom stereocenters. The maximum Gasteiger partial charge on any atom is 0.134 e. The third kappa shape index (κ3) is 1.54. The second-order valence-electron chi connectivity index (χ2n) is 3.04. The minimum Gasteiger partial charge on any atom is -0.506 e. The molecule has 1 aromatic heterocycles. The van der Waals surface area contributed by atoms with Gasteiger partial charge in [-0.3, -0.25) is 0 Å². The van der Waals surface area contributed by atoms with Crippen LogP contribution in [0.3, 0.4) is 0 Å². The highest BCUT2D eigenvalue weighted by molar-refractivity contribution is 9.08. The van der Waals surface area contributed by atoms with Crippen molar-refractivity contribution in [1.82, 2.24) is 0 Å². The standard InChI is InChI=1S/C10H9BrO2S/c11-3-7-1-6(4-12)2-9-10(7)8(13)5-14-9/h1-2,5,12-13H,3-4H2. The summed E-state index contributed by atoms with van der Waals surface area (Å²) in [5.41, 5.74) is 1.90. The van der Waals surface area contributed by atoms with E-state index < -0.39 is 0 Å². The van der Waals surface area contributed by atoms with E-state index in [0.29, 0.717) is 11.1 Å². The van der Waals surface area contributed by atoms with Gasteiger partial charge >= 0.3 is 0 Å². The SMILES string of the molecule is OCc1cc(CBr)c2c(O)csc2c1. The van der Waals surface area contributed by atoms with Gasteiger partial charge in [-0.2, -0.15) is 0 Å². The summed E-state index contributed by atoms with van der Waals surface area (Å²) in [5.74, 6) is 0.323. The van der Waals surface area contributed by atoms with Gasteiger partial charge in [0.15, 0.2) is 0 Å². The van der Waals surface area contributed by atoms with Crippen molar-refractivity contribution in [1.29, 1.82) is 0 Å². The van der Waals surface area contributed by atoms with Crippen molar-refractivity contribution in [3.05, 3.63) is 28.6 Å². The van der Waals surface area contributed by atoms with Crippen LogP contribution in [0.2, 0.25) is 0 Å². The molecule has 0 aliphatic rings. The Bertz CT molecular complexity index is 464. The average Bonchev–Trinajstić information content (AvgIpc) is 2.59. The van der Waals surface area contributed by atoms with Crippen LogP contribution < -0.4 is 0 Å². The van der Waals surface area contributed by atoms with E-state index in [1.54, 1.807) is 5.38 Å². The molecule has 0 saturated carbocycles. The normalized spacial score (nSPS) is 11.0. The van der Waals surface area contributed by atoms with Crippen LogP contribution in [-0.4, -0.2) is 10.2 Å². The Kier molecular flexibility index (Phi) is 2.76. The van der Waals surface area contributed by atoms with E-state index >= 15 is 0 Å². The molecule has 74 valence electrons. The molecule has 0 bridgehead atoms. The molecule has 2 N–H and O–H groups in total. The van der Waals surface area contributed by atoms with Gasteiger partial charge in [0, 0.05) is 20.8 Å². The van der Waals surface area contributed by atoms with Gasteiger partial charge in [0.25, 0.3) is 0 Å². The largest absolute Gasteiger partial charge is 0.506 e. The molecule has 0 saturated heterocycles. The fourth-order valence-corrected chi connectivity index (χ4v) is 2.87. The van der Waals surface area contributed by atoms with E-state index in [0.717, 1.165) is 21.2 Å². The minimum absolute atomic E-state index is 0.0363. The van der Waals surface area contributed by atoms with E-state index in [1.807, 2.05) is 12.1 Å². The lowest BCUT2D eigenvalue weighted by atomic mass is 10.1. The first kappa shape index (κ1) is 9.96. The molecule has 1 heterocycles. The summed E-state index contributed by atoms with van der Waals surface area (Å²) in [6, 6.07) is 3.81. The second kappa shape index (κ2) is 3.88. The predicted octanol–water partition coefficient (Wildman–Crippen LogP) is 2.99. The summed E-state index contributed by atoms with van der Waals surface area (Å²) < 4.78 is 1.02. The zero-order valence-electron chi connectivity index (χ0n) is 7.33. The van der Waals surface area contributed by atoms with Gasteiger partial charge in [0.1, 0.15) is 5.75 Å². The Morgan fingerprint density at radius 2 is 2.14 bits per heavy atom. The number of alkyl halides is 1. The molecule has 2 rings (SSSR count). The lowest BCUT2D eigenvalue weighted by molar-refractivity contribution is 0.282. The molecule has 0 fully saturated rings. The van der Waals surface area contributed by atoms with Gasteiger partial charge in [0.05, 0.1) is 6.61 Å². The maximum absolute atomic E-state index is 9.61. The van der Waals surface area contributed by atoms with E-state index in [1.165, 1.54) is 11.3 Å². The highest BCUT2D eigenvalue weighted by atomic mass is 79.9. The van der Waals surface area contributed by atoms with Crippen molar-refractivity contribution >= 4 is 37.4 Å². The molecule has 0 amide bonds. The summed E-state index contributed by atoms with van der Waals surface area (Å²) in [6.45, 7) is 0.0363. The zero-order chi connectivity index (χ0) is 10.1. The minimum atomic E-state index is 0.0363. The van der Waals surface area contributed by atoms with Gasteiger partial charge in [-0.25, -0.2) is 0 Å². The molecule has 0 aliphatic heterocycles. The molecule has 4 heteroatoms. The maximum atomic E-state index is 9.61. The summed E-state index contributed by atoms with van der Waals surface area (Å²) >= 11 is 4.86. The third-order valence-corrected chi connectivity index (χ3v) is 3.64. The molecule has 0 aliphatic carbocycles. The highest BCUT2D eigenvalue weighted by Crippen LogP contribution is 2.35. The average molecular weight is 273 g/mol. The second-order valence-corrected chi connectivity index (χ2v) is 4.51. The molecule has 2 nitrogen and oxygen atoms in total. The molecule has 2 aromatic rings. The van der Waals surface area contributed by atoms with Crippen LogP contribution in [0.5, 0.6) is 5.75 Å². The Hall–Kier alpha value is -0.580. The van der Waals surface area contributed by atoms with Crippen LogP contribution in [0.4, 0.5) is 0 Å². The van der Waals surface area contributed by atoms with E-state index in [-0.39, 0.29) is 6.61 Å². The zero-order valence-corrected chi connectivity index (χ0v) is 9.73. The topological polar surface area (TPSA) is 40.5 Å². The predicted molar refractivity (Wildman–Crippen MR) is 62.0 cm³/mol. The summed E-state index contributed by atoms with van der Waals surface area (Å²) in [4.78, 5) is 0. The van der Waals surface area contributed by atoms with Crippen LogP contribution in [0, 0.1) is 0 Å². The van der Waals surface area contributed by atoms with Crippen LogP contribution in [-0.2, 0) is 11.9 Å². The van der Waals surface area contributed by atoms with Crippen LogP contribution >= 0.6 is 27.3 Å². The molecular weight excluding hydrogens is 264 g/mol. The number of aliphatic hydroxyl groups excluding tert-OH is 1. The fourth-order valence-electron chi connectivity index (χ4n) is 1.50. The number of fused-ring (bicyclic) bond motifs is 1. The van der Waals surface area contributed by atoms with Crippen LogP contribution in [0.15, 0.2) is 17.5 Å². The quantitative estimate of drug-likeness (QED) is 0.826. The number of rotatable bonds is 2. The Morgan fingerprint density at radius 1 is 1.36 bits per heavy atom. The summed E-state index contributed by atoms with van der Waals surface area (Å²) in [5, 5.41) is 22.0. The van der Waals surface area contributed by atoms with Gasteiger partial charge in [-0.05, 0) is 17.2 Å². The Labute approximate surface area is 93.9 Å². The molecule has 0 spiro atoms. The van der Waals surface area contributed by atoms with Gasteiger partial charge in [-0.1, -0.05) is 22.0 Å². The number of hydrogen-bond donors (Lipinski definition) is 2. The highest BCUT2D eigenvalue weighted by Gasteiger charge is 2.08. The van der Waals surface area contributed by atoms with Gasteiger partial charge in [-0.15, -0.1) is 11.3 Å². The first-order valence-corrected chi connectivity index (χ1v) is 6.15. The van der Waals surface area contributed by atoms with E-state index in [4.69, 9.17) is 5.11 Å². The first-order valence-electron chi connectivity index (χ1n) is 4.15.